The van der Waals surface area contributed by atoms with Crippen molar-refractivity contribution in [1.82, 2.24) is 4.98 Å². The predicted molar refractivity (Wildman–Crippen MR) is 50.7 cm³/mol. The average molecular weight is 221 g/mol. The van der Waals surface area contributed by atoms with Gasteiger partial charge >= 0.3 is 5.97 Å². The molecule has 4 nitrogen and oxygen atoms in total. The number of halogens is 1. The minimum absolute atomic E-state index is 0.311. The number of rotatable bonds is 3. The van der Waals surface area contributed by atoms with Gasteiger partial charge in [-0.3, -0.25) is 0 Å². The van der Waals surface area contributed by atoms with E-state index in [1.165, 1.54) is 17.5 Å². The van der Waals surface area contributed by atoms with Crippen LogP contribution in [0.2, 0.25) is 4.34 Å². The summed E-state index contributed by atoms with van der Waals surface area (Å²) in [4.78, 5) is 15.0. The molecule has 2 N–H and O–H groups in total. The first-order chi connectivity index (χ1) is 6.15. The van der Waals surface area contributed by atoms with Gasteiger partial charge in [0, 0.05) is 0 Å². The second-order valence-electron chi connectivity index (χ2n) is 2.23. The van der Waals surface area contributed by atoms with Gasteiger partial charge in [0.1, 0.15) is 9.34 Å². The summed E-state index contributed by atoms with van der Waals surface area (Å²) in [6.45, 7) is 2.03. The Kier molecular flexibility index (Phi) is 3.65. The zero-order chi connectivity index (χ0) is 9.84. The van der Waals surface area contributed by atoms with E-state index in [0.29, 0.717) is 16.0 Å². The molecule has 0 radical (unpaired) electrons. The van der Waals surface area contributed by atoms with Crippen LogP contribution in [-0.4, -0.2) is 17.6 Å². The van der Waals surface area contributed by atoms with Gasteiger partial charge in [-0.25, -0.2) is 9.78 Å². The van der Waals surface area contributed by atoms with Crippen LogP contribution in [0.25, 0.3) is 0 Å². The molecular weight excluding hydrogens is 212 g/mol. The largest absolute Gasteiger partial charge is 0.465 e. The van der Waals surface area contributed by atoms with Gasteiger partial charge in [0.05, 0.1) is 12.8 Å². The number of thiazole rings is 1. The molecule has 0 fully saturated rings. The minimum atomic E-state index is -0.822. The molecule has 0 aliphatic heterocycles. The molecule has 13 heavy (non-hydrogen) atoms. The molecular formula is C7H9ClN2O2S. The van der Waals surface area contributed by atoms with Crippen molar-refractivity contribution in [1.29, 1.82) is 0 Å². The lowest BCUT2D eigenvalue weighted by molar-refractivity contribution is -0.144. The quantitative estimate of drug-likeness (QED) is 0.782. The van der Waals surface area contributed by atoms with Crippen LogP contribution >= 0.6 is 22.9 Å². The molecule has 1 aromatic rings. The van der Waals surface area contributed by atoms with Gasteiger partial charge in [0.25, 0.3) is 0 Å². The van der Waals surface area contributed by atoms with Crippen LogP contribution in [0, 0.1) is 0 Å². The van der Waals surface area contributed by atoms with Crippen LogP contribution in [0.3, 0.4) is 0 Å². The van der Waals surface area contributed by atoms with Crippen LogP contribution in [0.1, 0.15) is 18.0 Å². The van der Waals surface area contributed by atoms with Crippen molar-refractivity contribution in [2.75, 3.05) is 6.61 Å². The van der Waals surface area contributed by atoms with E-state index in [1.54, 1.807) is 6.92 Å². The molecule has 1 rings (SSSR count). The Balaban J connectivity index is 2.67. The Labute approximate surface area is 84.7 Å². The highest BCUT2D eigenvalue weighted by molar-refractivity contribution is 7.16. The van der Waals surface area contributed by atoms with E-state index in [0.717, 1.165) is 0 Å². The summed E-state index contributed by atoms with van der Waals surface area (Å²) in [6, 6.07) is -0.822. The molecule has 6 heteroatoms. The highest BCUT2D eigenvalue weighted by atomic mass is 35.5. The summed E-state index contributed by atoms with van der Waals surface area (Å²) >= 11 is 6.81. The Morgan fingerprint density at radius 3 is 3.08 bits per heavy atom. The number of hydrogen-bond donors (Lipinski definition) is 1. The smallest absolute Gasteiger partial charge is 0.330 e. The molecule has 0 aliphatic carbocycles. The fourth-order valence-corrected chi connectivity index (χ4v) is 1.66. The summed E-state index contributed by atoms with van der Waals surface area (Å²) in [5.41, 5.74) is 5.55. The molecule has 1 aromatic heterocycles. The third kappa shape index (κ3) is 2.65. The SMILES string of the molecule is CCOC(=O)C(N)c1ncc(Cl)s1. The molecule has 0 aliphatic rings. The second kappa shape index (κ2) is 4.55. The number of nitrogens with two attached hydrogens (primary N) is 1. The van der Waals surface area contributed by atoms with Gasteiger partial charge in [-0.2, -0.15) is 0 Å². The van der Waals surface area contributed by atoms with E-state index in [-0.39, 0.29) is 0 Å². The number of ether oxygens (including phenoxy) is 1. The van der Waals surface area contributed by atoms with E-state index in [1.807, 2.05) is 0 Å². The number of aromatic nitrogens is 1. The molecule has 1 heterocycles. The van der Waals surface area contributed by atoms with Crippen molar-refractivity contribution in [3.63, 3.8) is 0 Å². The molecule has 0 saturated carbocycles. The van der Waals surface area contributed by atoms with Crippen molar-refractivity contribution in [3.8, 4) is 0 Å². The molecule has 0 spiro atoms. The summed E-state index contributed by atoms with van der Waals surface area (Å²) in [5.74, 6) is -0.478. The van der Waals surface area contributed by atoms with E-state index in [4.69, 9.17) is 22.1 Å². The van der Waals surface area contributed by atoms with Crippen molar-refractivity contribution < 1.29 is 9.53 Å². The highest BCUT2D eigenvalue weighted by Crippen LogP contribution is 2.23. The molecule has 1 unspecified atom stereocenters. The number of nitrogens with zero attached hydrogens (tertiary/aromatic N) is 1. The Bertz CT molecular complexity index is 302. The molecule has 1 atom stereocenters. The Morgan fingerprint density at radius 1 is 1.92 bits per heavy atom. The standard InChI is InChI=1S/C7H9ClN2O2S/c1-2-12-7(11)5(9)6-10-3-4(8)13-6/h3,5H,2,9H2,1H3. The predicted octanol–water partition coefficient (Wildman–Crippen LogP) is 1.36. The summed E-state index contributed by atoms with van der Waals surface area (Å²) in [7, 11) is 0. The topological polar surface area (TPSA) is 65.2 Å². The average Bonchev–Trinajstić information content (AvgIpc) is 2.51. The molecule has 0 amide bonds. The first-order valence-corrected chi connectivity index (χ1v) is 4.88. The van der Waals surface area contributed by atoms with Gasteiger partial charge in [0.2, 0.25) is 0 Å². The number of esters is 1. The first-order valence-electron chi connectivity index (χ1n) is 3.68. The molecule has 0 aromatic carbocycles. The third-order valence-corrected chi connectivity index (χ3v) is 2.50. The zero-order valence-electron chi connectivity index (χ0n) is 6.99. The van der Waals surface area contributed by atoms with Gasteiger partial charge in [-0.05, 0) is 6.92 Å². The lowest BCUT2D eigenvalue weighted by Crippen LogP contribution is -2.23. The van der Waals surface area contributed by atoms with E-state index < -0.39 is 12.0 Å². The van der Waals surface area contributed by atoms with E-state index in [2.05, 4.69) is 4.98 Å². The van der Waals surface area contributed by atoms with Crippen LogP contribution in [0.5, 0.6) is 0 Å². The van der Waals surface area contributed by atoms with Crippen LogP contribution in [-0.2, 0) is 9.53 Å². The van der Waals surface area contributed by atoms with Gasteiger partial charge < -0.3 is 10.5 Å². The fourth-order valence-electron chi connectivity index (χ4n) is 0.744. The molecule has 72 valence electrons. The van der Waals surface area contributed by atoms with Crippen LogP contribution < -0.4 is 5.73 Å². The van der Waals surface area contributed by atoms with E-state index >= 15 is 0 Å². The summed E-state index contributed by atoms with van der Waals surface area (Å²) in [5, 5.41) is 0.475. The fraction of sp³-hybridized carbons (Fsp3) is 0.429. The van der Waals surface area contributed by atoms with Crippen molar-refractivity contribution in [3.05, 3.63) is 15.5 Å². The first kappa shape index (κ1) is 10.4. The van der Waals surface area contributed by atoms with Gasteiger partial charge in [-0.1, -0.05) is 11.6 Å². The zero-order valence-corrected chi connectivity index (χ0v) is 8.56. The van der Waals surface area contributed by atoms with Crippen molar-refractivity contribution in [2.24, 2.45) is 5.73 Å². The molecule has 0 saturated heterocycles. The second-order valence-corrected chi connectivity index (χ2v) is 3.93. The highest BCUT2D eigenvalue weighted by Gasteiger charge is 2.19. The van der Waals surface area contributed by atoms with Crippen molar-refractivity contribution >= 4 is 28.9 Å². The van der Waals surface area contributed by atoms with Gasteiger partial charge in [0.15, 0.2) is 6.04 Å². The Hall–Kier alpha value is -0.650. The van der Waals surface area contributed by atoms with Crippen LogP contribution in [0.4, 0.5) is 0 Å². The maximum atomic E-state index is 11.1. The number of hydrogen-bond acceptors (Lipinski definition) is 5. The Morgan fingerprint density at radius 2 is 2.62 bits per heavy atom. The maximum Gasteiger partial charge on any atom is 0.330 e. The summed E-state index contributed by atoms with van der Waals surface area (Å²) < 4.78 is 5.24. The van der Waals surface area contributed by atoms with Crippen LogP contribution in [0.15, 0.2) is 6.20 Å². The summed E-state index contributed by atoms with van der Waals surface area (Å²) in [6.07, 6.45) is 1.46. The maximum absolute atomic E-state index is 11.1. The van der Waals surface area contributed by atoms with E-state index in [9.17, 15) is 4.79 Å². The molecule has 0 bridgehead atoms. The normalized spacial score (nSPS) is 12.5. The third-order valence-electron chi connectivity index (χ3n) is 1.30. The lowest BCUT2D eigenvalue weighted by atomic mass is 10.3. The van der Waals surface area contributed by atoms with Crippen molar-refractivity contribution in [2.45, 2.75) is 13.0 Å². The number of carbonyl (C=O) groups is 1. The monoisotopic (exact) mass is 220 g/mol. The van der Waals surface area contributed by atoms with Gasteiger partial charge in [-0.15, -0.1) is 11.3 Å². The minimum Gasteiger partial charge on any atom is -0.465 e. The lowest BCUT2D eigenvalue weighted by Gasteiger charge is -2.06. The number of carbonyl (C=O) groups excluding carboxylic acids is 1.